The fourth-order valence-electron chi connectivity index (χ4n) is 3.01. The summed E-state index contributed by atoms with van der Waals surface area (Å²) in [5.41, 5.74) is 8.88. The smallest absolute Gasteiger partial charge is 0.261 e. The van der Waals surface area contributed by atoms with Crippen LogP contribution in [-0.4, -0.2) is 14.5 Å². The van der Waals surface area contributed by atoms with Crippen molar-refractivity contribution in [3.05, 3.63) is 101 Å². The van der Waals surface area contributed by atoms with E-state index in [2.05, 4.69) is 14.8 Å². The average molecular weight is 365 g/mol. The van der Waals surface area contributed by atoms with E-state index in [0.29, 0.717) is 39.6 Å². The largest absolute Gasteiger partial charge is 0.399 e. The van der Waals surface area contributed by atoms with Crippen LogP contribution < -0.4 is 11.3 Å². The van der Waals surface area contributed by atoms with Crippen LogP contribution in [0.1, 0.15) is 0 Å². The van der Waals surface area contributed by atoms with Gasteiger partial charge in [-0.05, 0) is 35.9 Å². The van der Waals surface area contributed by atoms with Crippen molar-refractivity contribution in [3.63, 3.8) is 0 Å². The number of hydrogen-bond acceptors (Lipinski definition) is 4. The molecule has 0 bridgehead atoms. The van der Waals surface area contributed by atoms with Crippen LogP contribution in [0.3, 0.4) is 0 Å². The fourth-order valence-corrected chi connectivity index (χ4v) is 3.01. The van der Waals surface area contributed by atoms with Crippen molar-refractivity contribution in [1.29, 1.82) is 0 Å². The van der Waals surface area contributed by atoms with Gasteiger partial charge in [-0.25, -0.2) is 14.8 Å². The Labute approximate surface area is 161 Å². The number of nitrogen functional groups attached to an aromatic ring is 1. The Morgan fingerprint density at radius 2 is 1.71 bits per heavy atom. The molecule has 0 amide bonds. The standard InChI is InChI=1S/C22H15N5O/c1-24-20-9-3-2-8-18(20)19-12-15(21-25-10-5-11-26-21)14-27(22(19)28)17-7-4-6-16(23)13-17/h2-14H,23H2. The van der Waals surface area contributed by atoms with Gasteiger partial charge in [-0.2, -0.15) is 0 Å². The van der Waals surface area contributed by atoms with Gasteiger partial charge in [0.25, 0.3) is 5.56 Å². The minimum absolute atomic E-state index is 0.249. The number of anilines is 1. The van der Waals surface area contributed by atoms with Gasteiger partial charge < -0.3 is 5.73 Å². The molecular weight excluding hydrogens is 350 g/mol. The Balaban J connectivity index is 2.05. The third-order valence-electron chi connectivity index (χ3n) is 4.30. The number of benzene rings is 2. The van der Waals surface area contributed by atoms with Crippen LogP contribution in [0.2, 0.25) is 0 Å². The molecule has 2 aromatic heterocycles. The molecule has 2 aromatic carbocycles. The van der Waals surface area contributed by atoms with E-state index in [-0.39, 0.29) is 5.56 Å². The molecule has 0 radical (unpaired) electrons. The van der Waals surface area contributed by atoms with Crippen molar-refractivity contribution in [2.24, 2.45) is 0 Å². The zero-order valence-electron chi connectivity index (χ0n) is 14.8. The van der Waals surface area contributed by atoms with Gasteiger partial charge in [0.05, 0.1) is 12.3 Å². The van der Waals surface area contributed by atoms with Gasteiger partial charge >= 0.3 is 0 Å². The number of nitrogens with two attached hydrogens (primary N) is 1. The Morgan fingerprint density at radius 3 is 2.46 bits per heavy atom. The Kier molecular flexibility index (Phi) is 4.40. The quantitative estimate of drug-likeness (QED) is 0.438. The highest BCUT2D eigenvalue weighted by atomic mass is 16.1. The Morgan fingerprint density at radius 1 is 0.929 bits per heavy atom. The molecule has 134 valence electrons. The van der Waals surface area contributed by atoms with Crippen molar-refractivity contribution in [1.82, 2.24) is 14.5 Å². The Bertz CT molecular complexity index is 1260. The van der Waals surface area contributed by atoms with E-state index >= 15 is 0 Å². The number of nitrogens with zero attached hydrogens (tertiary/aromatic N) is 4. The predicted molar refractivity (Wildman–Crippen MR) is 109 cm³/mol. The maximum atomic E-state index is 13.3. The number of aromatic nitrogens is 3. The number of para-hydroxylation sites is 1. The predicted octanol–water partition coefficient (Wildman–Crippen LogP) is 4.09. The molecule has 0 aliphatic heterocycles. The van der Waals surface area contributed by atoms with Crippen LogP contribution in [-0.2, 0) is 0 Å². The summed E-state index contributed by atoms with van der Waals surface area (Å²) in [6.45, 7) is 7.44. The molecule has 0 saturated carbocycles. The monoisotopic (exact) mass is 365 g/mol. The summed E-state index contributed by atoms with van der Waals surface area (Å²) in [6.07, 6.45) is 4.98. The molecule has 28 heavy (non-hydrogen) atoms. The molecule has 0 unspecified atom stereocenters. The first-order chi connectivity index (χ1) is 13.7. The van der Waals surface area contributed by atoms with E-state index in [4.69, 9.17) is 12.3 Å². The molecule has 0 fully saturated rings. The zero-order valence-corrected chi connectivity index (χ0v) is 14.8. The van der Waals surface area contributed by atoms with Gasteiger partial charge in [0.15, 0.2) is 11.5 Å². The summed E-state index contributed by atoms with van der Waals surface area (Å²) in [4.78, 5) is 25.5. The van der Waals surface area contributed by atoms with Crippen molar-refractivity contribution >= 4 is 11.4 Å². The van der Waals surface area contributed by atoms with Crippen LogP contribution >= 0.6 is 0 Å². The first-order valence-electron chi connectivity index (χ1n) is 8.54. The molecule has 0 spiro atoms. The summed E-state index contributed by atoms with van der Waals surface area (Å²) < 4.78 is 1.51. The zero-order chi connectivity index (χ0) is 19.5. The maximum absolute atomic E-state index is 13.3. The highest BCUT2D eigenvalue weighted by Crippen LogP contribution is 2.30. The van der Waals surface area contributed by atoms with Gasteiger partial charge in [0, 0.05) is 35.4 Å². The molecule has 2 N–H and O–H groups in total. The molecule has 0 aliphatic rings. The second-order valence-electron chi connectivity index (χ2n) is 6.11. The topological polar surface area (TPSA) is 78.2 Å². The second-order valence-corrected chi connectivity index (χ2v) is 6.11. The van der Waals surface area contributed by atoms with Crippen LogP contribution in [0, 0.1) is 6.57 Å². The van der Waals surface area contributed by atoms with Crippen molar-refractivity contribution in [2.45, 2.75) is 0 Å². The van der Waals surface area contributed by atoms with E-state index in [1.807, 2.05) is 0 Å². The van der Waals surface area contributed by atoms with Crippen LogP contribution in [0.15, 0.2) is 84.0 Å². The van der Waals surface area contributed by atoms with E-state index < -0.39 is 0 Å². The van der Waals surface area contributed by atoms with Gasteiger partial charge in [0.2, 0.25) is 0 Å². The average Bonchev–Trinajstić information content (AvgIpc) is 2.74. The van der Waals surface area contributed by atoms with E-state index in [1.54, 1.807) is 79.3 Å². The second kappa shape index (κ2) is 7.17. The lowest BCUT2D eigenvalue weighted by atomic mass is 10.0. The highest BCUT2D eigenvalue weighted by molar-refractivity contribution is 5.80. The first-order valence-corrected chi connectivity index (χ1v) is 8.54. The number of pyridine rings is 1. The normalized spacial score (nSPS) is 10.4. The number of rotatable bonds is 3. The van der Waals surface area contributed by atoms with Crippen molar-refractivity contribution in [3.8, 4) is 28.2 Å². The fraction of sp³-hybridized carbons (Fsp3) is 0. The van der Waals surface area contributed by atoms with Crippen molar-refractivity contribution in [2.75, 3.05) is 5.73 Å². The molecule has 0 aliphatic carbocycles. The molecule has 2 heterocycles. The van der Waals surface area contributed by atoms with Gasteiger partial charge in [-0.3, -0.25) is 9.36 Å². The molecule has 6 nitrogen and oxygen atoms in total. The molecule has 4 rings (SSSR count). The molecule has 6 heteroatoms. The lowest BCUT2D eigenvalue weighted by Gasteiger charge is -2.13. The first kappa shape index (κ1) is 17.2. The molecule has 4 aromatic rings. The van der Waals surface area contributed by atoms with E-state index in [0.717, 1.165) is 0 Å². The SMILES string of the molecule is [C-]#[N+]c1ccccc1-c1cc(-c2ncccn2)cn(-c2cccc(N)c2)c1=O. The summed E-state index contributed by atoms with van der Waals surface area (Å²) in [5, 5.41) is 0. The Hall–Kier alpha value is -4.24. The highest BCUT2D eigenvalue weighted by Gasteiger charge is 2.15. The van der Waals surface area contributed by atoms with Gasteiger partial charge in [0.1, 0.15) is 0 Å². The lowest BCUT2D eigenvalue weighted by Crippen LogP contribution is -2.20. The summed E-state index contributed by atoms with van der Waals surface area (Å²) >= 11 is 0. The summed E-state index contributed by atoms with van der Waals surface area (Å²) in [7, 11) is 0. The minimum atomic E-state index is -0.249. The summed E-state index contributed by atoms with van der Waals surface area (Å²) in [6, 6.07) is 17.6. The van der Waals surface area contributed by atoms with Crippen LogP contribution in [0.5, 0.6) is 0 Å². The van der Waals surface area contributed by atoms with Gasteiger partial charge in [-0.1, -0.05) is 30.3 Å². The molecule has 0 saturated heterocycles. The maximum Gasteiger partial charge on any atom is 0.261 e. The molecular formula is C22H15N5O. The van der Waals surface area contributed by atoms with Gasteiger partial charge in [-0.15, -0.1) is 0 Å². The van der Waals surface area contributed by atoms with Crippen LogP contribution in [0.4, 0.5) is 11.4 Å². The lowest BCUT2D eigenvalue weighted by molar-refractivity contribution is 0.990. The van der Waals surface area contributed by atoms with E-state index in [1.165, 1.54) is 4.57 Å². The third kappa shape index (κ3) is 3.13. The summed E-state index contributed by atoms with van der Waals surface area (Å²) in [5.74, 6) is 0.488. The minimum Gasteiger partial charge on any atom is -0.399 e. The number of hydrogen-bond donors (Lipinski definition) is 1. The molecule has 0 atom stereocenters. The van der Waals surface area contributed by atoms with Crippen molar-refractivity contribution < 1.29 is 0 Å². The van der Waals surface area contributed by atoms with E-state index in [9.17, 15) is 4.79 Å². The third-order valence-corrected chi connectivity index (χ3v) is 4.30. The van der Waals surface area contributed by atoms with Crippen LogP contribution in [0.25, 0.3) is 33.0 Å².